The molecule has 1 aromatic carbocycles. The van der Waals surface area contributed by atoms with Crippen LogP contribution in [0.2, 0.25) is 0 Å². The van der Waals surface area contributed by atoms with Crippen LogP contribution in [0.5, 0.6) is 0 Å². The molecule has 2 N–H and O–H groups in total. The van der Waals surface area contributed by atoms with Crippen LogP contribution in [0.3, 0.4) is 0 Å². The van der Waals surface area contributed by atoms with Gasteiger partial charge in [-0.25, -0.2) is 4.89 Å². The normalized spacial score (nSPS) is 14.3. The lowest BCUT2D eigenvalue weighted by Crippen LogP contribution is -2.14. The average molecular weight is 312 g/mol. The first-order chi connectivity index (χ1) is 8.63. The molecule has 108 valence electrons. The predicted molar refractivity (Wildman–Crippen MR) is 62.2 cm³/mol. The fourth-order valence-corrected chi connectivity index (χ4v) is 2.40. The molecule has 8 nitrogen and oxygen atoms in total. The van der Waals surface area contributed by atoms with Crippen LogP contribution in [0.4, 0.5) is 0 Å². The Bertz CT molecular complexity index is 632. The summed E-state index contributed by atoms with van der Waals surface area (Å²) < 4.78 is 57.8. The van der Waals surface area contributed by atoms with Crippen molar-refractivity contribution < 1.29 is 35.7 Å². The van der Waals surface area contributed by atoms with E-state index in [1.54, 1.807) is 0 Å². The third kappa shape index (κ3) is 4.86. The van der Waals surface area contributed by atoms with E-state index >= 15 is 0 Å². The van der Waals surface area contributed by atoms with Gasteiger partial charge in [-0.1, -0.05) is 6.07 Å². The zero-order valence-electron chi connectivity index (χ0n) is 9.75. The molecular weight excluding hydrogens is 300 g/mol. The van der Waals surface area contributed by atoms with E-state index in [-0.39, 0.29) is 6.61 Å². The van der Waals surface area contributed by atoms with Gasteiger partial charge in [0.25, 0.3) is 10.1 Å². The van der Waals surface area contributed by atoms with E-state index < -0.39 is 36.1 Å². The van der Waals surface area contributed by atoms with Crippen molar-refractivity contribution in [3.63, 3.8) is 0 Å². The minimum Gasteiger partial charge on any atom is -0.391 e. The van der Waals surface area contributed by atoms with Gasteiger partial charge in [-0.05, 0) is 25.1 Å². The molecule has 0 fully saturated rings. The fourth-order valence-electron chi connectivity index (χ4n) is 1.02. The minimum atomic E-state index is -4.52. The number of rotatable bonds is 6. The first-order valence-electron chi connectivity index (χ1n) is 4.94. The molecule has 0 aliphatic carbocycles. The van der Waals surface area contributed by atoms with Gasteiger partial charge in [0, 0.05) is 0 Å². The van der Waals surface area contributed by atoms with Crippen molar-refractivity contribution in [3.8, 4) is 0 Å². The molecule has 10 heteroatoms. The maximum absolute atomic E-state index is 11.6. The molecule has 0 saturated heterocycles. The molecule has 19 heavy (non-hydrogen) atoms. The van der Waals surface area contributed by atoms with Gasteiger partial charge in [0.15, 0.2) is 0 Å². The van der Waals surface area contributed by atoms with Gasteiger partial charge in [-0.15, -0.1) is 4.33 Å². The Morgan fingerprint density at radius 2 is 1.79 bits per heavy atom. The first-order valence-corrected chi connectivity index (χ1v) is 7.79. The minimum absolute atomic E-state index is 0.378. The van der Waals surface area contributed by atoms with E-state index in [0.717, 1.165) is 24.3 Å². The lowest BCUT2D eigenvalue weighted by Gasteiger charge is -2.07. The second kappa shape index (κ2) is 5.94. The topological polar surface area (TPSA) is 127 Å². The van der Waals surface area contributed by atoms with Crippen molar-refractivity contribution in [1.29, 1.82) is 0 Å². The van der Waals surface area contributed by atoms with Crippen molar-refractivity contribution in [2.45, 2.75) is 22.8 Å². The molecule has 0 amide bonds. The highest BCUT2D eigenvalue weighted by atomic mass is 32.2. The van der Waals surface area contributed by atoms with Crippen molar-refractivity contribution in [3.05, 3.63) is 24.3 Å². The summed E-state index contributed by atoms with van der Waals surface area (Å²) in [4.78, 5) is 3.19. The van der Waals surface area contributed by atoms with Gasteiger partial charge in [0.05, 0.1) is 15.9 Å². The third-order valence-corrected chi connectivity index (χ3v) is 3.80. The van der Waals surface area contributed by atoms with Gasteiger partial charge in [0.2, 0.25) is 0 Å². The van der Waals surface area contributed by atoms with E-state index in [0.29, 0.717) is 0 Å². The fraction of sp³-hybridized carbons (Fsp3) is 0.333. The second-order valence-corrected chi connectivity index (χ2v) is 6.54. The van der Waals surface area contributed by atoms with E-state index in [1.165, 1.54) is 6.92 Å². The molecule has 1 rings (SSSR count). The molecule has 1 atom stereocenters. The molecule has 0 spiro atoms. The number of aliphatic hydroxyl groups excluding tert-OH is 1. The SMILES string of the molecule is CC(O)COOS(=O)(=O)c1cccc(S(=O)(=O)O)c1. The van der Waals surface area contributed by atoms with Crippen LogP contribution in [0.25, 0.3) is 0 Å². The van der Waals surface area contributed by atoms with Gasteiger partial charge < -0.3 is 5.11 Å². The second-order valence-electron chi connectivity index (χ2n) is 3.61. The van der Waals surface area contributed by atoms with Crippen LogP contribution in [-0.2, 0) is 29.5 Å². The molecule has 0 bridgehead atoms. The highest BCUT2D eigenvalue weighted by Crippen LogP contribution is 2.17. The number of hydrogen-bond donors (Lipinski definition) is 2. The van der Waals surface area contributed by atoms with Gasteiger partial charge in [0.1, 0.15) is 6.61 Å². The molecular formula is C9H12O8S2. The quantitative estimate of drug-likeness (QED) is 0.425. The van der Waals surface area contributed by atoms with Crippen LogP contribution < -0.4 is 0 Å². The Morgan fingerprint density at radius 3 is 2.32 bits per heavy atom. The molecule has 0 saturated carbocycles. The Hall–Kier alpha value is -1.04. The Balaban J connectivity index is 2.96. The summed E-state index contributed by atoms with van der Waals surface area (Å²) in [5, 5.41) is 8.86. The molecule has 0 aliphatic heterocycles. The smallest absolute Gasteiger partial charge is 0.323 e. The van der Waals surface area contributed by atoms with Crippen LogP contribution in [-0.4, -0.2) is 39.2 Å². The van der Waals surface area contributed by atoms with Crippen LogP contribution in [0, 0.1) is 0 Å². The Morgan fingerprint density at radius 1 is 1.21 bits per heavy atom. The molecule has 1 unspecified atom stereocenters. The van der Waals surface area contributed by atoms with Crippen molar-refractivity contribution in [1.82, 2.24) is 0 Å². The Labute approximate surface area is 110 Å². The van der Waals surface area contributed by atoms with E-state index in [9.17, 15) is 16.8 Å². The number of aliphatic hydroxyl groups is 1. The van der Waals surface area contributed by atoms with Crippen molar-refractivity contribution in [2.75, 3.05) is 6.61 Å². The third-order valence-electron chi connectivity index (χ3n) is 1.84. The predicted octanol–water partition coefficient (Wildman–Crippen LogP) is -0.0490. The number of benzene rings is 1. The summed E-state index contributed by atoms with van der Waals surface area (Å²) in [6.45, 7) is 0.978. The lowest BCUT2D eigenvalue weighted by atomic mass is 10.4. The van der Waals surface area contributed by atoms with Crippen LogP contribution in [0.1, 0.15) is 6.92 Å². The summed E-state index contributed by atoms with van der Waals surface area (Å²) in [6.07, 6.45) is -0.931. The molecule has 0 aromatic heterocycles. The lowest BCUT2D eigenvalue weighted by molar-refractivity contribution is -0.216. The van der Waals surface area contributed by atoms with Crippen molar-refractivity contribution in [2.24, 2.45) is 0 Å². The summed E-state index contributed by atoms with van der Waals surface area (Å²) >= 11 is 0. The zero-order valence-corrected chi connectivity index (χ0v) is 11.4. The first kappa shape index (κ1) is 16.0. The maximum atomic E-state index is 11.6. The molecule has 0 heterocycles. The monoisotopic (exact) mass is 312 g/mol. The Kier molecular flexibility index (Phi) is 5.01. The molecule has 0 radical (unpaired) electrons. The maximum Gasteiger partial charge on any atom is 0.323 e. The van der Waals surface area contributed by atoms with E-state index in [4.69, 9.17) is 9.66 Å². The summed E-state index contributed by atoms with van der Waals surface area (Å²) in [7, 11) is -8.87. The molecule has 0 aliphatic rings. The van der Waals surface area contributed by atoms with E-state index in [1.807, 2.05) is 0 Å². The van der Waals surface area contributed by atoms with Gasteiger partial charge in [-0.3, -0.25) is 4.55 Å². The average Bonchev–Trinajstić information content (AvgIpc) is 2.27. The summed E-state index contributed by atoms with van der Waals surface area (Å²) in [5.74, 6) is 0. The van der Waals surface area contributed by atoms with Crippen LogP contribution >= 0.6 is 0 Å². The molecule has 1 aromatic rings. The van der Waals surface area contributed by atoms with Gasteiger partial charge >= 0.3 is 10.1 Å². The highest BCUT2D eigenvalue weighted by Gasteiger charge is 2.20. The van der Waals surface area contributed by atoms with Gasteiger partial charge in [-0.2, -0.15) is 16.8 Å². The largest absolute Gasteiger partial charge is 0.391 e. The van der Waals surface area contributed by atoms with E-state index in [2.05, 4.69) is 9.22 Å². The summed E-state index contributed by atoms with van der Waals surface area (Å²) in [5.41, 5.74) is 0. The standard InChI is InChI=1S/C9H12O8S2/c1-7(10)6-16-17-19(14,15)9-4-2-3-8(5-9)18(11,12)13/h2-5,7,10H,6H2,1H3,(H,11,12,13). The van der Waals surface area contributed by atoms with Crippen molar-refractivity contribution >= 4 is 20.2 Å². The summed E-state index contributed by atoms with van der Waals surface area (Å²) in [6, 6.07) is 3.92. The van der Waals surface area contributed by atoms with Crippen LogP contribution in [0.15, 0.2) is 34.1 Å². The number of hydrogen-bond acceptors (Lipinski definition) is 7. The zero-order chi connectivity index (χ0) is 14.7. The highest BCUT2D eigenvalue weighted by molar-refractivity contribution is 7.87.